The first-order valence-corrected chi connectivity index (χ1v) is 11.6. The summed E-state index contributed by atoms with van der Waals surface area (Å²) in [7, 11) is -3.34. The molecule has 1 amide bonds. The van der Waals surface area contributed by atoms with E-state index in [1.54, 1.807) is 6.20 Å². The lowest BCUT2D eigenvalue weighted by molar-refractivity contribution is -0.121. The van der Waals surface area contributed by atoms with Gasteiger partial charge in [0.25, 0.3) is 0 Å². The molecule has 27 heavy (non-hydrogen) atoms. The van der Waals surface area contributed by atoms with Gasteiger partial charge in [0.05, 0.1) is 5.75 Å². The van der Waals surface area contributed by atoms with Crippen LogP contribution in [0.4, 0.5) is 5.82 Å². The summed E-state index contributed by atoms with van der Waals surface area (Å²) in [6, 6.07) is 5.73. The largest absolute Gasteiger partial charge is 0.355 e. The Labute approximate surface area is 162 Å². The maximum Gasteiger partial charge on any atom is 0.220 e. The van der Waals surface area contributed by atoms with Crippen LogP contribution in [-0.2, 0) is 14.8 Å². The van der Waals surface area contributed by atoms with Crippen LogP contribution < -0.4 is 10.2 Å². The monoisotopic (exact) mass is 394 g/mol. The quantitative estimate of drug-likeness (QED) is 0.724. The fourth-order valence-electron chi connectivity index (χ4n) is 3.91. The van der Waals surface area contributed by atoms with Gasteiger partial charge in [0.1, 0.15) is 5.82 Å². The number of rotatable bonds is 8. The first kappa shape index (κ1) is 20.1. The molecule has 1 aliphatic heterocycles. The summed E-state index contributed by atoms with van der Waals surface area (Å²) >= 11 is 0. The van der Waals surface area contributed by atoms with E-state index in [9.17, 15) is 13.2 Å². The minimum Gasteiger partial charge on any atom is -0.355 e. The van der Waals surface area contributed by atoms with Gasteiger partial charge < -0.3 is 10.2 Å². The van der Waals surface area contributed by atoms with E-state index in [0.29, 0.717) is 38.5 Å². The lowest BCUT2D eigenvalue weighted by Gasteiger charge is -2.34. The predicted molar refractivity (Wildman–Crippen MR) is 106 cm³/mol. The molecule has 2 aliphatic rings. The Bertz CT molecular complexity index is 697. The second-order valence-electron chi connectivity index (χ2n) is 7.43. The lowest BCUT2D eigenvalue weighted by atomic mass is 10.0. The Balaban J connectivity index is 1.36. The van der Waals surface area contributed by atoms with E-state index in [1.807, 2.05) is 18.2 Å². The number of nitrogens with one attached hydrogen (secondary N) is 1. The fourth-order valence-corrected chi connectivity index (χ4v) is 5.25. The van der Waals surface area contributed by atoms with Crippen molar-refractivity contribution in [2.24, 2.45) is 5.92 Å². The molecule has 150 valence electrons. The third kappa shape index (κ3) is 5.90. The zero-order valence-electron chi connectivity index (χ0n) is 15.8. The molecule has 7 nitrogen and oxygen atoms in total. The molecule has 3 rings (SSSR count). The fraction of sp³-hybridized carbons (Fsp3) is 0.684. The van der Waals surface area contributed by atoms with Gasteiger partial charge in [-0.1, -0.05) is 31.7 Å². The van der Waals surface area contributed by atoms with Crippen molar-refractivity contribution in [3.63, 3.8) is 0 Å². The highest BCUT2D eigenvalue weighted by Crippen LogP contribution is 2.28. The maximum absolute atomic E-state index is 12.5. The normalized spacial score (nSPS) is 19.3. The molecule has 0 unspecified atom stereocenters. The van der Waals surface area contributed by atoms with E-state index in [-0.39, 0.29) is 18.2 Å². The van der Waals surface area contributed by atoms with Crippen molar-refractivity contribution in [2.75, 3.05) is 43.4 Å². The molecule has 0 aromatic carbocycles. The van der Waals surface area contributed by atoms with E-state index in [2.05, 4.69) is 15.2 Å². The molecule has 0 spiro atoms. The van der Waals surface area contributed by atoms with Crippen LogP contribution in [-0.4, -0.2) is 62.1 Å². The van der Waals surface area contributed by atoms with Gasteiger partial charge in [-0.25, -0.2) is 13.4 Å². The second-order valence-corrected chi connectivity index (χ2v) is 9.52. The summed E-state index contributed by atoms with van der Waals surface area (Å²) in [4.78, 5) is 18.3. The second kappa shape index (κ2) is 9.50. The number of piperazine rings is 1. The van der Waals surface area contributed by atoms with Crippen molar-refractivity contribution >= 4 is 21.7 Å². The van der Waals surface area contributed by atoms with Crippen LogP contribution in [0.3, 0.4) is 0 Å². The van der Waals surface area contributed by atoms with Crippen LogP contribution in [0, 0.1) is 5.92 Å². The van der Waals surface area contributed by atoms with Crippen molar-refractivity contribution in [1.29, 1.82) is 0 Å². The number of nitrogens with zero attached hydrogens (tertiary/aromatic N) is 3. The molecule has 1 aliphatic carbocycles. The molecular formula is C19H30N4O3S. The first-order chi connectivity index (χ1) is 13.0. The van der Waals surface area contributed by atoms with Gasteiger partial charge in [0, 0.05) is 45.3 Å². The number of hydrogen-bond donors (Lipinski definition) is 1. The van der Waals surface area contributed by atoms with E-state index in [1.165, 1.54) is 30.0 Å². The lowest BCUT2D eigenvalue weighted by Crippen LogP contribution is -2.50. The van der Waals surface area contributed by atoms with Gasteiger partial charge in [-0.3, -0.25) is 4.79 Å². The number of amides is 1. The summed E-state index contributed by atoms with van der Waals surface area (Å²) in [5, 5.41) is 2.77. The van der Waals surface area contributed by atoms with Gasteiger partial charge in [-0.2, -0.15) is 4.31 Å². The van der Waals surface area contributed by atoms with Crippen LogP contribution in [0.2, 0.25) is 0 Å². The number of anilines is 1. The Kier molecular flexibility index (Phi) is 7.07. The molecule has 1 saturated heterocycles. The first-order valence-electron chi connectivity index (χ1n) is 9.95. The van der Waals surface area contributed by atoms with Crippen molar-refractivity contribution in [1.82, 2.24) is 14.6 Å². The van der Waals surface area contributed by atoms with Crippen molar-refractivity contribution in [3.8, 4) is 0 Å². The molecule has 1 aromatic heterocycles. The van der Waals surface area contributed by atoms with Gasteiger partial charge >= 0.3 is 0 Å². The molecule has 0 radical (unpaired) electrons. The summed E-state index contributed by atoms with van der Waals surface area (Å²) in [5.74, 6) is 1.49. The molecular weight excluding hydrogens is 364 g/mol. The van der Waals surface area contributed by atoms with Crippen LogP contribution >= 0.6 is 0 Å². The summed E-state index contributed by atoms with van der Waals surface area (Å²) in [6.45, 7) is 2.35. The van der Waals surface area contributed by atoms with E-state index >= 15 is 0 Å². The van der Waals surface area contributed by atoms with Crippen LogP contribution in [0.5, 0.6) is 0 Å². The van der Waals surface area contributed by atoms with Gasteiger partial charge in [-0.15, -0.1) is 0 Å². The third-order valence-electron chi connectivity index (χ3n) is 5.54. The Morgan fingerprint density at radius 3 is 2.56 bits per heavy atom. The number of sulfonamides is 1. The summed E-state index contributed by atoms with van der Waals surface area (Å²) < 4.78 is 26.6. The standard InChI is InChI=1S/C19H30N4O3S/c24-19(9-8-17-5-1-2-6-17)21-11-16-27(25,26)23-14-12-22(13-15-23)18-7-3-4-10-20-18/h3-4,7,10,17H,1-2,5-6,8-9,11-16H2,(H,21,24). The Morgan fingerprint density at radius 1 is 1.15 bits per heavy atom. The molecule has 0 bridgehead atoms. The molecule has 8 heteroatoms. The average molecular weight is 395 g/mol. The van der Waals surface area contributed by atoms with Crippen molar-refractivity contribution in [2.45, 2.75) is 38.5 Å². The van der Waals surface area contributed by atoms with Crippen LogP contribution in [0.1, 0.15) is 38.5 Å². The van der Waals surface area contributed by atoms with Crippen molar-refractivity contribution < 1.29 is 13.2 Å². The number of aromatic nitrogens is 1. The van der Waals surface area contributed by atoms with E-state index < -0.39 is 10.0 Å². The highest BCUT2D eigenvalue weighted by molar-refractivity contribution is 7.89. The molecule has 1 N–H and O–H groups in total. The minimum atomic E-state index is -3.34. The molecule has 2 heterocycles. The van der Waals surface area contributed by atoms with Gasteiger partial charge in [-0.05, 0) is 24.5 Å². The molecule has 1 saturated carbocycles. The van der Waals surface area contributed by atoms with E-state index in [4.69, 9.17) is 0 Å². The SMILES string of the molecule is O=C(CCC1CCCC1)NCCS(=O)(=O)N1CCN(c2ccccn2)CC1. The summed E-state index contributed by atoms with van der Waals surface area (Å²) in [6.07, 6.45) is 8.18. The maximum atomic E-state index is 12.5. The summed E-state index contributed by atoms with van der Waals surface area (Å²) in [5.41, 5.74) is 0. The number of hydrogen-bond acceptors (Lipinski definition) is 5. The molecule has 0 atom stereocenters. The third-order valence-corrected chi connectivity index (χ3v) is 7.41. The predicted octanol–water partition coefficient (Wildman–Crippen LogP) is 1.62. The van der Waals surface area contributed by atoms with Crippen LogP contribution in [0.15, 0.2) is 24.4 Å². The van der Waals surface area contributed by atoms with E-state index in [0.717, 1.165) is 12.2 Å². The number of carbonyl (C=O) groups excluding carboxylic acids is 1. The molecule has 1 aromatic rings. The number of carbonyl (C=O) groups is 1. The van der Waals surface area contributed by atoms with Gasteiger partial charge in [0.15, 0.2) is 0 Å². The number of pyridine rings is 1. The topological polar surface area (TPSA) is 82.6 Å². The zero-order valence-corrected chi connectivity index (χ0v) is 16.7. The smallest absolute Gasteiger partial charge is 0.220 e. The average Bonchev–Trinajstić information content (AvgIpc) is 3.21. The van der Waals surface area contributed by atoms with Gasteiger partial charge in [0.2, 0.25) is 15.9 Å². The highest BCUT2D eigenvalue weighted by Gasteiger charge is 2.27. The van der Waals surface area contributed by atoms with Crippen molar-refractivity contribution in [3.05, 3.63) is 24.4 Å². The highest BCUT2D eigenvalue weighted by atomic mass is 32.2. The Morgan fingerprint density at radius 2 is 1.89 bits per heavy atom. The zero-order chi connectivity index (χ0) is 19.1. The Hall–Kier alpha value is -1.67. The minimum absolute atomic E-state index is 0.0305. The molecule has 2 fully saturated rings. The van der Waals surface area contributed by atoms with Crippen LogP contribution in [0.25, 0.3) is 0 Å².